The van der Waals surface area contributed by atoms with Crippen molar-refractivity contribution >= 4 is 35.1 Å². The van der Waals surface area contributed by atoms with Crippen molar-refractivity contribution in [2.75, 3.05) is 22.9 Å². The minimum atomic E-state index is -0.257. The first-order valence-corrected chi connectivity index (χ1v) is 5.76. The SMILES string of the molecule is Nc1nc(Cl)cc(NCC(=O)Nc2ccccn2)n1. The summed E-state index contributed by atoms with van der Waals surface area (Å²) in [5.41, 5.74) is 5.43. The maximum absolute atomic E-state index is 11.6. The Labute approximate surface area is 114 Å². The van der Waals surface area contributed by atoms with Crippen molar-refractivity contribution in [1.29, 1.82) is 0 Å². The fraction of sp³-hybridized carbons (Fsp3) is 0.0909. The highest BCUT2D eigenvalue weighted by Gasteiger charge is 2.05. The van der Waals surface area contributed by atoms with Gasteiger partial charge in [0.2, 0.25) is 11.9 Å². The Morgan fingerprint density at radius 3 is 2.84 bits per heavy atom. The van der Waals surface area contributed by atoms with Gasteiger partial charge in [0.25, 0.3) is 0 Å². The van der Waals surface area contributed by atoms with Crippen LogP contribution in [-0.4, -0.2) is 27.4 Å². The van der Waals surface area contributed by atoms with Crippen LogP contribution >= 0.6 is 11.6 Å². The van der Waals surface area contributed by atoms with Gasteiger partial charge in [-0.05, 0) is 12.1 Å². The lowest BCUT2D eigenvalue weighted by molar-refractivity contribution is -0.114. The number of nitrogen functional groups attached to an aromatic ring is 1. The molecule has 7 nitrogen and oxygen atoms in total. The molecule has 2 aromatic heterocycles. The molecule has 0 atom stereocenters. The van der Waals surface area contributed by atoms with E-state index in [4.69, 9.17) is 17.3 Å². The Hall–Kier alpha value is -2.41. The number of hydrogen-bond donors (Lipinski definition) is 3. The first kappa shape index (κ1) is 13.0. The fourth-order valence-corrected chi connectivity index (χ4v) is 1.51. The van der Waals surface area contributed by atoms with E-state index in [1.165, 1.54) is 6.07 Å². The molecule has 0 saturated heterocycles. The molecule has 0 aliphatic carbocycles. The molecule has 0 bridgehead atoms. The fourth-order valence-electron chi connectivity index (χ4n) is 1.32. The van der Waals surface area contributed by atoms with Crippen LogP contribution in [-0.2, 0) is 4.79 Å². The Morgan fingerprint density at radius 1 is 1.32 bits per heavy atom. The normalized spacial score (nSPS) is 9.95. The maximum Gasteiger partial charge on any atom is 0.244 e. The smallest absolute Gasteiger partial charge is 0.244 e. The second-order valence-corrected chi connectivity index (χ2v) is 3.94. The molecule has 1 amide bonds. The van der Waals surface area contributed by atoms with Gasteiger partial charge in [-0.2, -0.15) is 4.98 Å². The molecule has 0 fully saturated rings. The van der Waals surface area contributed by atoms with E-state index >= 15 is 0 Å². The van der Waals surface area contributed by atoms with Crippen molar-refractivity contribution in [3.63, 3.8) is 0 Å². The topological polar surface area (TPSA) is 106 Å². The maximum atomic E-state index is 11.6. The van der Waals surface area contributed by atoms with Gasteiger partial charge in [0.05, 0.1) is 6.54 Å². The minimum absolute atomic E-state index is 0.0172. The Morgan fingerprint density at radius 2 is 2.16 bits per heavy atom. The number of nitrogens with zero attached hydrogens (tertiary/aromatic N) is 3. The highest BCUT2D eigenvalue weighted by atomic mass is 35.5. The first-order valence-electron chi connectivity index (χ1n) is 5.38. The predicted octanol–water partition coefficient (Wildman–Crippen LogP) is 1.16. The molecule has 4 N–H and O–H groups in total. The molecular formula is C11H11ClN6O. The number of nitrogens with one attached hydrogen (secondary N) is 2. The van der Waals surface area contributed by atoms with Crippen LogP contribution < -0.4 is 16.4 Å². The molecule has 19 heavy (non-hydrogen) atoms. The number of rotatable bonds is 4. The lowest BCUT2D eigenvalue weighted by Crippen LogP contribution is -2.22. The average Bonchev–Trinajstić information content (AvgIpc) is 2.36. The molecule has 2 aromatic rings. The number of pyridine rings is 1. The molecule has 2 heterocycles. The van der Waals surface area contributed by atoms with E-state index in [0.29, 0.717) is 11.6 Å². The number of hydrogen-bond acceptors (Lipinski definition) is 6. The summed E-state index contributed by atoms with van der Waals surface area (Å²) in [5, 5.41) is 5.62. The van der Waals surface area contributed by atoms with Crippen molar-refractivity contribution < 1.29 is 4.79 Å². The number of carbonyl (C=O) groups is 1. The Bertz CT molecular complexity index is 556. The van der Waals surface area contributed by atoms with E-state index in [9.17, 15) is 4.79 Å². The zero-order chi connectivity index (χ0) is 13.7. The third-order valence-electron chi connectivity index (χ3n) is 2.07. The molecule has 0 aromatic carbocycles. The quantitative estimate of drug-likeness (QED) is 0.725. The highest BCUT2D eigenvalue weighted by molar-refractivity contribution is 6.29. The molecule has 0 unspecified atom stereocenters. The first-order chi connectivity index (χ1) is 9.13. The van der Waals surface area contributed by atoms with Crippen LogP contribution in [0.1, 0.15) is 0 Å². The second kappa shape index (κ2) is 5.96. The summed E-state index contributed by atoms with van der Waals surface area (Å²) < 4.78 is 0. The van der Waals surface area contributed by atoms with Crippen LogP contribution in [0.2, 0.25) is 5.15 Å². The molecular weight excluding hydrogens is 268 g/mol. The molecule has 0 saturated carbocycles. The molecule has 0 radical (unpaired) electrons. The van der Waals surface area contributed by atoms with Gasteiger partial charge in [-0.15, -0.1) is 0 Å². The van der Waals surface area contributed by atoms with Gasteiger partial charge in [-0.25, -0.2) is 9.97 Å². The summed E-state index contributed by atoms with van der Waals surface area (Å²) >= 11 is 5.71. The largest absolute Gasteiger partial charge is 0.368 e. The number of halogens is 1. The van der Waals surface area contributed by atoms with Crippen molar-refractivity contribution in [3.05, 3.63) is 35.6 Å². The van der Waals surface area contributed by atoms with E-state index in [1.807, 2.05) is 0 Å². The van der Waals surface area contributed by atoms with Gasteiger partial charge < -0.3 is 16.4 Å². The third-order valence-corrected chi connectivity index (χ3v) is 2.27. The van der Waals surface area contributed by atoms with Crippen LogP contribution in [0.4, 0.5) is 17.6 Å². The van der Waals surface area contributed by atoms with Crippen LogP contribution in [0, 0.1) is 0 Å². The van der Waals surface area contributed by atoms with Gasteiger partial charge >= 0.3 is 0 Å². The lowest BCUT2D eigenvalue weighted by Gasteiger charge is -2.07. The number of nitrogens with two attached hydrogens (primary N) is 1. The van der Waals surface area contributed by atoms with Crippen molar-refractivity contribution in [3.8, 4) is 0 Å². The third kappa shape index (κ3) is 4.07. The van der Waals surface area contributed by atoms with E-state index in [-0.39, 0.29) is 23.6 Å². The molecule has 0 aliphatic heterocycles. The molecule has 8 heteroatoms. The van der Waals surface area contributed by atoms with Gasteiger partial charge in [0.15, 0.2) is 0 Å². The van der Waals surface area contributed by atoms with Crippen LogP contribution in [0.5, 0.6) is 0 Å². The van der Waals surface area contributed by atoms with E-state index in [2.05, 4.69) is 25.6 Å². The Kier molecular flexibility index (Phi) is 4.09. The summed E-state index contributed by atoms with van der Waals surface area (Å²) in [6.07, 6.45) is 1.59. The molecule has 0 aliphatic rings. The van der Waals surface area contributed by atoms with Gasteiger partial charge in [0, 0.05) is 12.3 Å². The van der Waals surface area contributed by atoms with Gasteiger partial charge in [-0.1, -0.05) is 17.7 Å². The van der Waals surface area contributed by atoms with Crippen molar-refractivity contribution in [2.24, 2.45) is 0 Å². The van der Waals surface area contributed by atoms with Crippen molar-refractivity contribution in [2.45, 2.75) is 0 Å². The van der Waals surface area contributed by atoms with E-state index in [0.717, 1.165) is 0 Å². The standard InChI is InChI=1S/C11H11ClN6O/c12-7-5-9(18-11(13)16-7)15-6-10(19)17-8-3-1-2-4-14-8/h1-5H,6H2,(H,14,17,19)(H3,13,15,16,18). The van der Waals surface area contributed by atoms with Crippen LogP contribution in [0.3, 0.4) is 0 Å². The zero-order valence-corrected chi connectivity index (χ0v) is 10.6. The summed E-state index contributed by atoms with van der Waals surface area (Å²) in [5.74, 6) is 0.648. The van der Waals surface area contributed by atoms with E-state index < -0.39 is 0 Å². The van der Waals surface area contributed by atoms with E-state index in [1.54, 1.807) is 24.4 Å². The molecule has 98 valence electrons. The van der Waals surface area contributed by atoms with Crippen molar-refractivity contribution in [1.82, 2.24) is 15.0 Å². The van der Waals surface area contributed by atoms with Gasteiger partial charge in [-0.3, -0.25) is 4.79 Å². The number of anilines is 3. The van der Waals surface area contributed by atoms with Gasteiger partial charge in [0.1, 0.15) is 16.8 Å². The second-order valence-electron chi connectivity index (χ2n) is 3.55. The summed E-state index contributed by atoms with van der Waals surface area (Å²) in [6.45, 7) is 0.0172. The average molecular weight is 279 g/mol. The number of amides is 1. The predicted molar refractivity (Wildman–Crippen MR) is 72.8 cm³/mol. The lowest BCUT2D eigenvalue weighted by atomic mass is 10.4. The minimum Gasteiger partial charge on any atom is -0.368 e. The number of carbonyl (C=O) groups excluding carboxylic acids is 1. The highest BCUT2D eigenvalue weighted by Crippen LogP contribution is 2.12. The Balaban J connectivity index is 1.90. The summed E-state index contributed by atoms with van der Waals surface area (Å²) in [6, 6.07) is 6.71. The summed E-state index contributed by atoms with van der Waals surface area (Å²) in [4.78, 5) is 23.2. The molecule has 0 spiro atoms. The van der Waals surface area contributed by atoms with Crippen LogP contribution in [0.25, 0.3) is 0 Å². The zero-order valence-electron chi connectivity index (χ0n) is 9.80. The monoisotopic (exact) mass is 278 g/mol. The number of aromatic nitrogens is 3. The van der Waals surface area contributed by atoms with Crippen LogP contribution in [0.15, 0.2) is 30.5 Å². The summed E-state index contributed by atoms with van der Waals surface area (Å²) in [7, 11) is 0. The molecule has 2 rings (SSSR count).